The van der Waals surface area contributed by atoms with E-state index in [0.29, 0.717) is 5.92 Å². The largest absolute Gasteiger partial charge is 0.384 e. The van der Waals surface area contributed by atoms with E-state index in [1.165, 1.54) is 51.4 Å². The van der Waals surface area contributed by atoms with Crippen LogP contribution in [0.3, 0.4) is 0 Å². The summed E-state index contributed by atoms with van der Waals surface area (Å²) in [4.78, 5) is 0. The molecular formula is C18H38O2. The highest BCUT2D eigenvalue weighted by atomic mass is 16.5. The average Bonchev–Trinajstić information content (AvgIpc) is 2.44. The number of rotatable bonds is 14. The van der Waals surface area contributed by atoms with Crippen LogP contribution in [0.1, 0.15) is 72.1 Å². The fraction of sp³-hybridized carbons (Fsp3) is 1.00. The van der Waals surface area contributed by atoms with E-state index in [-0.39, 0.29) is 0 Å². The third kappa shape index (κ3) is 10.7. The van der Waals surface area contributed by atoms with E-state index in [1.54, 1.807) is 14.2 Å². The maximum Gasteiger partial charge on any atom is 0.0512 e. The second-order valence-electron chi connectivity index (χ2n) is 6.46. The number of hydrogen-bond acceptors (Lipinski definition) is 2. The van der Waals surface area contributed by atoms with Crippen LogP contribution in [-0.4, -0.2) is 27.4 Å². The minimum absolute atomic E-state index is 0.561. The van der Waals surface area contributed by atoms with Gasteiger partial charge in [-0.05, 0) is 18.3 Å². The molecule has 20 heavy (non-hydrogen) atoms. The minimum atomic E-state index is 0.561. The average molecular weight is 286 g/mol. The summed E-state index contributed by atoms with van der Waals surface area (Å²) in [6.07, 6.45) is 10.8. The van der Waals surface area contributed by atoms with Crippen LogP contribution in [0, 0.1) is 17.8 Å². The Hall–Kier alpha value is -0.0800. The zero-order chi connectivity index (χ0) is 15.2. The summed E-state index contributed by atoms with van der Waals surface area (Å²) in [5.74, 6) is 2.28. The molecule has 0 saturated heterocycles. The summed E-state index contributed by atoms with van der Waals surface area (Å²) in [6.45, 7) is 8.68. The van der Waals surface area contributed by atoms with Crippen LogP contribution in [0.25, 0.3) is 0 Å². The molecule has 2 nitrogen and oxygen atoms in total. The van der Waals surface area contributed by atoms with Gasteiger partial charge in [-0.2, -0.15) is 0 Å². The van der Waals surface area contributed by atoms with Gasteiger partial charge in [0.15, 0.2) is 0 Å². The van der Waals surface area contributed by atoms with Crippen molar-refractivity contribution in [2.75, 3.05) is 27.4 Å². The minimum Gasteiger partial charge on any atom is -0.384 e. The van der Waals surface area contributed by atoms with E-state index in [4.69, 9.17) is 9.47 Å². The van der Waals surface area contributed by atoms with Crippen molar-refractivity contribution in [2.24, 2.45) is 17.8 Å². The molecule has 0 fully saturated rings. The molecule has 0 heterocycles. The Morgan fingerprint density at radius 1 is 0.800 bits per heavy atom. The van der Waals surface area contributed by atoms with Gasteiger partial charge in [-0.1, -0.05) is 65.7 Å². The lowest BCUT2D eigenvalue weighted by molar-refractivity contribution is 0.0698. The molecule has 0 aliphatic heterocycles. The molecule has 0 rings (SSSR count). The fourth-order valence-electron chi connectivity index (χ4n) is 3.02. The van der Waals surface area contributed by atoms with Crippen molar-refractivity contribution in [3.8, 4) is 0 Å². The molecule has 0 radical (unpaired) electrons. The molecule has 0 spiro atoms. The SMILES string of the molecule is CCCCCC(C)CCC(CC)CC(COC)COC. The Balaban J connectivity index is 3.93. The van der Waals surface area contributed by atoms with E-state index < -0.39 is 0 Å². The summed E-state index contributed by atoms with van der Waals surface area (Å²) in [6, 6.07) is 0. The maximum atomic E-state index is 5.31. The first-order valence-corrected chi connectivity index (χ1v) is 8.65. The second-order valence-corrected chi connectivity index (χ2v) is 6.46. The van der Waals surface area contributed by atoms with Crippen molar-refractivity contribution >= 4 is 0 Å². The first-order valence-electron chi connectivity index (χ1n) is 8.65. The lowest BCUT2D eigenvalue weighted by Gasteiger charge is -2.23. The number of ether oxygens (including phenoxy) is 2. The molecule has 122 valence electrons. The Bertz CT molecular complexity index is 188. The van der Waals surface area contributed by atoms with Gasteiger partial charge in [0.25, 0.3) is 0 Å². The predicted octanol–water partition coefficient (Wildman–Crippen LogP) is 5.31. The molecule has 0 aromatic rings. The van der Waals surface area contributed by atoms with Crippen molar-refractivity contribution < 1.29 is 9.47 Å². The summed E-state index contributed by atoms with van der Waals surface area (Å²) in [7, 11) is 3.58. The van der Waals surface area contributed by atoms with E-state index >= 15 is 0 Å². The maximum absolute atomic E-state index is 5.31. The molecule has 0 aliphatic carbocycles. The number of hydrogen-bond donors (Lipinski definition) is 0. The molecule has 0 aliphatic rings. The smallest absolute Gasteiger partial charge is 0.0512 e. The van der Waals surface area contributed by atoms with E-state index in [2.05, 4.69) is 20.8 Å². The van der Waals surface area contributed by atoms with E-state index in [0.717, 1.165) is 25.0 Å². The Labute approximate surface area is 127 Å². The second kappa shape index (κ2) is 13.9. The zero-order valence-corrected chi connectivity index (χ0v) is 14.6. The van der Waals surface area contributed by atoms with Gasteiger partial charge in [0.05, 0.1) is 13.2 Å². The first-order chi connectivity index (χ1) is 9.67. The Kier molecular flexibility index (Phi) is 13.8. The van der Waals surface area contributed by atoms with Crippen molar-refractivity contribution in [3.05, 3.63) is 0 Å². The van der Waals surface area contributed by atoms with Crippen molar-refractivity contribution in [1.82, 2.24) is 0 Å². The third-order valence-electron chi connectivity index (χ3n) is 4.42. The molecule has 0 saturated carbocycles. The fourth-order valence-corrected chi connectivity index (χ4v) is 3.02. The first kappa shape index (κ1) is 19.9. The van der Waals surface area contributed by atoms with Gasteiger partial charge < -0.3 is 9.47 Å². The van der Waals surface area contributed by atoms with E-state index in [9.17, 15) is 0 Å². The number of methoxy groups -OCH3 is 2. The highest BCUT2D eigenvalue weighted by Crippen LogP contribution is 2.25. The van der Waals surface area contributed by atoms with Gasteiger partial charge in [-0.3, -0.25) is 0 Å². The Morgan fingerprint density at radius 2 is 1.45 bits per heavy atom. The van der Waals surface area contributed by atoms with Crippen molar-refractivity contribution in [1.29, 1.82) is 0 Å². The van der Waals surface area contributed by atoms with Gasteiger partial charge in [0.1, 0.15) is 0 Å². The van der Waals surface area contributed by atoms with Gasteiger partial charge in [0, 0.05) is 20.1 Å². The lowest BCUT2D eigenvalue weighted by atomic mass is 9.86. The zero-order valence-electron chi connectivity index (χ0n) is 14.6. The van der Waals surface area contributed by atoms with Crippen LogP contribution in [-0.2, 0) is 9.47 Å². The summed E-state index contributed by atoms with van der Waals surface area (Å²) in [5, 5.41) is 0. The van der Waals surface area contributed by atoms with Crippen molar-refractivity contribution in [2.45, 2.75) is 72.1 Å². The molecule has 0 bridgehead atoms. The topological polar surface area (TPSA) is 18.5 Å². The van der Waals surface area contributed by atoms with Gasteiger partial charge in [-0.15, -0.1) is 0 Å². The molecule has 2 unspecified atom stereocenters. The van der Waals surface area contributed by atoms with Crippen LogP contribution in [0.4, 0.5) is 0 Å². The molecule has 2 atom stereocenters. The quantitative estimate of drug-likeness (QED) is 0.403. The summed E-state index contributed by atoms with van der Waals surface area (Å²) < 4.78 is 10.6. The van der Waals surface area contributed by atoms with Gasteiger partial charge >= 0.3 is 0 Å². The van der Waals surface area contributed by atoms with Crippen LogP contribution < -0.4 is 0 Å². The van der Waals surface area contributed by atoms with E-state index in [1.807, 2.05) is 0 Å². The highest BCUT2D eigenvalue weighted by Gasteiger charge is 2.16. The predicted molar refractivity (Wildman–Crippen MR) is 88.2 cm³/mol. The summed E-state index contributed by atoms with van der Waals surface area (Å²) in [5.41, 5.74) is 0. The molecular weight excluding hydrogens is 248 g/mol. The monoisotopic (exact) mass is 286 g/mol. The Morgan fingerprint density at radius 3 is 1.95 bits per heavy atom. The third-order valence-corrected chi connectivity index (χ3v) is 4.42. The van der Waals surface area contributed by atoms with Crippen LogP contribution in [0.15, 0.2) is 0 Å². The van der Waals surface area contributed by atoms with Crippen LogP contribution in [0.5, 0.6) is 0 Å². The summed E-state index contributed by atoms with van der Waals surface area (Å²) >= 11 is 0. The van der Waals surface area contributed by atoms with Gasteiger partial charge in [0.2, 0.25) is 0 Å². The molecule has 0 amide bonds. The van der Waals surface area contributed by atoms with Crippen molar-refractivity contribution in [3.63, 3.8) is 0 Å². The van der Waals surface area contributed by atoms with Crippen LogP contribution >= 0.6 is 0 Å². The lowest BCUT2D eigenvalue weighted by Crippen LogP contribution is -2.19. The normalized spacial score (nSPS) is 14.7. The highest BCUT2D eigenvalue weighted by molar-refractivity contribution is 4.67. The molecule has 0 aromatic carbocycles. The van der Waals surface area contributed by atoms with Gasteiger partial charge in [-0.25, -0.2) is 0 Å². The van der Waals surface area contributed by atoms with Crippen LogP contribution in [0.2, 0.25) is 0 Å². The molecule has 0 N–H and O–H groups in total. The standard InChI is InChI=1S/C18H38O2/c1-6-8-9-10-16(3)11-12-17(7-2)13-18(14-19-4)15-20-5/h16-18H,6-15H2,1-5H3. The molecule has 2 heteroatoms. The number of unbranched alkanes of at least 4 members (excludes halogenated alkanes) is 2. The molecule has 0 aromatic heterocycles.